The topological polar surface area (TPSA) is 141 Å². The van der Waals surface area contributed by atoms with E-state index in [2.05, 4.69) is 44.5 Å². The van der Waals surface area contributed by atoms with Crippen LogP contribution in [0.4, 0.5) is 5.69 Å². The van der Waals surface area contributed by atoms with Crippen molar-refractivity contribution in [3.05, 3.63) is 82.4 Å². The van der Waals surface area contributed by atoms with Crippen LogP contribution in [0, 0.1) is 25.2 Å². The maximum Gasteiger partial charge on any atom is 0.242 e. The number of phenolic OH excluding ortho intramolecular Hbond substituents is 1. The number of nitrogens with one attached hydrogen (secondary N) is 3. The Labute approximate surface area is 309 Å². The molecule has 4 N–H and O–H groups in total. The highest BCUT2D eigenvalue weighted by Gasteiger charge is 2.56. The number of hydrogen-bond donors (Lipinski definition) is 4. The lowest BCUT2D eigenvalue weighted by Crippen LogP contribution is -2.69. The van der Waals surface area contributed by atoms with Gasteiger partial charge < -0.3 is 40.0 Å². The van der Waals surface area contributed by atoms with Crippen molar-refractivity contribution in [2.24, 2.45) is 0 Å². The van der Waals surface area contributed by atoms with Crippen LogP contribution in [0.2, 0.25) is 0 Å². The molecule has 0 aliphatic carbocycles. The summed E-state index contributed by atoms with van der Waals surface area (Å²) in [6.07, 6.45) is 2.74. The smallest absolute Gasteiger partial charge is 0.242 e. The van der Waals surface area contributed by atoms with Crippen LogP contribution in [0.1, 0.15) is 52.4 Å². The molecule has 7 rings (SSSR count). The van der Waals surface area contributed by atoms with Crippen molar-refractivity contribution in [2.75, 3.05) is 39.4 Å². The Kier molecular flexibility index (Phi) is 9.65. The Morgan fingerprint density at radius 1 is 1.17 bits per heavy atom. The zero-order valence-corrected chi connectivity index (χ0v) is 30.8. The molecular formula is C39H44N6O6S. The van der Waals surface area contributed by atoms with Crippen LogP contribution < -0.4 is 34.9 Å². The van der Waals surface area contributed by atoms with Gasteiger partial charge in [0.2, 0.25) is 12.7 Å². The van der Waals surface area contributed by atoms with E-state index >= 15 is 0 Å². The Morgan fingerprint density at radius 2 is 1.92 bits per heavy atom. The standard InChI is InChI=1S/C39H44N6O6S/c1-7-13-49-35-21(3)36-37(51-19-50-36)31-25(35)16-27-32-30-23(14-20(2)34(48-6)33(30)46)15-26(44(32)5)28(17-40)45(27)29(31)18-41-38(47)22(4)42-39(52)43-24-11-9-8-10-12-24/h7-12,14,22,26-29,32,46H,1,13,15-16,18-19H2,2-6H3,(H,41,47)(H2,42,43,52)/t22?,26-,27?,28+,29+,32-/m1/s1. The van der Waals surface area contributed by atoms with Crippen molar-refractivity contribution in [3.63, 3.8) is 0 Å². The van der Waals surface area contributed by atoms with Crippen molar-refractivity contribution in [1.29, 1.82) is 5.26 Å². The molecule has 4 aliphatic heterocycles. The highest BCUT2D eigenvalue weighted by Crippen LogP contribution is 2.58. The van der Waals surface area contributed by atoms with E-state index in [1.54, 1.807) is 20.1 Å². The van der Waals surface area contributed by atoms with Gasteiger partial charge in [-0.05, 0) is 76.1 Å². The van der Waals surface area contributed by atoms with E-state index in [-0.39, 0.29) is 49.7 Å². The fraction of sp³-hybridized carbons (Fsp3) is 0.410. The zero-order valence-electron chi connectivity index (χ0n) is 30.0. The maximum atomic E-state index is 13.8. The van der Waals surface area contributed by atoms with E-state index in [4.69, 9.17) is 31.2 Å². The third kappa shape index (κ3) is 5.84. The fourth-order valence-corrected chi connectivity index (χ4v) is 8.96. The Morgan fingerprint density at radius 3 is 2.63 bits per heavy atom. The number of phenols is 1. The number of aryl methyl sites for hydroxylation is 1. The number of rotatable bonds is 9. The molecule has 3 aromatic carbocycles. The maximum absolute atomic E-state index is 13.8. The third-order valence-electron chi connectivity index (χ3n) is 10.9. The number of benzene rings is 3. The normalized spacial score (nSPS) is 23.2. The molecule has 1 saturated heterocycles. The first-order chi connectivity index (χ1) is 25.1. The van der Waals surface area contributed by atoms with Crippen molar-refractivity contribution >= 4 is 28.9 Å². The quantitative estimate of drug-likeness (QED) is 0.182. The van der Waals surface area contributed by atoms with Crippen molar-refractivity contribution in [1.82, 2.24) is 20.4 Å². The first-order valence-electron chi connectivity index (χ1n) is 17.5. The van der Waals surface area contributed by atoms with Crippen LogP contribution in [0.15, 0.2) is 49.1 Å². The molecule has 13 heteroatoms. The number of aromatic hydroxyl groups is 1. The minimum absolute atomic E-state index is 0.0406. The number of amides is 1. The molecular weight excluding hydrogens is 681 g/mol. The molecule has 0 radical (unpaired) electrons. The molecule has 6 atom stereocenters. The fourth-order valence-electron chi connectivity index (χ4n) is 8.67. The van der Waals surface area contributed by atoms with Gasteiger partial charge in [0.15, 0.2) is 28.1 Å². The summed E-state index contributed by atoms with van der Waals surface area (Å²) in [5.74, 6) is 2.14. The van der Waals surface area contributed by atoms with E-state index in [0.717, 1.165) is 39.1 Å². The number of likely N-dealkylation sites (N-methyl/N-ethyl adjacent to an activating group) is 1. The number of carbonyl (C=O) groups is 1. The number of para-hydroxylation sites is 1. The number of ether oxygens (including phenoxy) is 4. The van der Waals surface area contributed by atoms with Crippen LogP contribution >= 0.6 is 12.2 Å². The molecule has 0 saturated carbocycles. The Hall–Kier alpha value is -5.03. The van der Waals surface area contributed by atoms with Gasteiger partial charge >= 0.3 is 0 Å². The van der Waals surface area contributed by atoms with E-state index < -0.39 is 18.1 Å². The average molecular weight is 725 g/mol. The van der Waals surface area contributed by atoms with Gasteiger partial charge in [-0.25, -0.2) is 0 Å². The molecule has 2 unspecified atom stereocenters. The highest BCUT2D eigenvalue weighted by atomic mass is 32.1. The number of piperazine rings is 1. The molecule has 4 aliphatic rings. The second-order valence-corrected chi connectivity index (χ2v) is 14.2. The Balaban J connectivity index is 1.31. The second kappa shape index (κ2) is 14.2. The second-order valence-electron chi connectivity index (χ2n) is 13.8. The predicted molar refractivity (Wildman–Crippen MR) is 200 cm³/mol. The molecule has 4 heterocycles. The molecule has 1 fully saturated rings. The molecule has 2 bridgehead atoms. The summed E-state index contributed by atoms with van der Waals surface area (Å²) in [5, 5.41) is 32.4. The molecule has 272 valence electrons. The summed E-state index contributed by atoms with van der Waals surface area (Å²) in [5.41, 5.74) is 5.99. The minimum Gasteiger partial charge on any atom is -0.504 e. The van der Waals surface area contributed by atoms with Crippen LogP contribution in [0.3, 0.4) is 0 Å². The van der Waals surface area contributed by atoms with Gasteiger partial charge in [-0.3, -0.25) is 14.6 Å². The van der Waals surface area contributed by atoms with E-state index in [1.807, 2.05) is 51.2 Å². The van der Waals surface area contributed by atoms with Crippen LogP contribution in [0.25, 0.3) is 0 Å². The monoisotopic (exact) mass is 724 g/mol. The molecule has 0 aromatic heterocycles. The number of nitriles is 1. The van der Waals surface area contributed by atoms with Crippen LogP contribution in [-0.4, -0.2) is 84.2 Å². The Bertz CT molecular complexity index is 1970. The van der Waals surface area contributed by atoms with Gasteiger partial charge in [-0.2, -0.15) is 5.26 Å². The summed E-state index contributed by atoms with van der Waals surface area (Å²) in [6.45, 7) is 9.96. The van der Waals surface area contributed by atoms with Crippen molar-refractivity contribution in [2.45, 2.75) is 69.9 Å². The minimum atomic E-state index is -0.671. The first kappa shape index (κ1) is 35.4. The summed E-state index contributed by atoms with van der Waals surface area (Å²) < 4.78 is 24.3. The van der Waals surface area contributed by atoms with E-state index in [0.29, 0.717) is 41.0 Å². The summed E-state index contributed by atoms with van der Waals surface area (Å²) in [6, 6.07) is 11.7. The largest absolute Gasteiger partial charge is 0.504 e. The van der Waals surface area contributed by atoms with Gasteiger partial charge in [0.05, 0.1) is 25.3 Å². The van der Waals surface area contributed by atoms with Gasteiger partial charge in [0.25, 0.3) is 0 Å². The number of anilines is 1. The van der Waals surface area contributed by atoms with Gasteiger partial charge in [0, 0.05) is 46.6 Å². The predicted octanol–water partition coefficient (Wildman–Crippen LogP) is 4.57. The lowest BCUT2D eigenvalue weighted by atomic mass is 9.71. The van der Waals surface area contributed by atoms with Crippen molar-refractivity contribution < 1.29 is 28.8 Å². The lowest BCUT2D eigenvalue weighted by molar-refractivity contribution is -0.123. The molecule has 1 amide bonds. The zero-order chi connectivity index (χ0) is 36.8. The summed E-state index contributed by atoms with van der Waals surface area (Å²) in [4.78, 5) is 18.2. The van der Waals surface area contributed by atoms with Crippen LogP contribution in [0.5, 0.6) is 28.7 Å². The average Bonchev–Trinajstić information content (AvgIpc) is 3.62. The lowest BCUT2D eigenvalue weighted by Gasteiger charge is -2.60. The summed E-state index contributed by atoms with van der Waals surface area (Å²) >= 11 is 5.51. The molecule has 3 aromatic rings. The van der Waals surface area contributed by atoms with Gasteiger partial charge in [0.1, 0.15) is 24.4 Å². The summed E-state index contributed by atoms with van der Waals surface area (Å²) in [7, 11) is 3.59. The molecule has 52 heavy (non-hydrogen) atoms. The number of methoxy groups -OCH3 is 1. The highest BCUT2D eigenvalue weighted by molar-refractivity contribution is 7.80. The van der Waals surface area contributed by atoms with Gasteiger partial charge in [-0.15, -0.1) is 0 Å². The number of hydrogen-bond acceptors (Lipinski definition) is 10. The van der Waals surface area contributed by atoms with E-state index in [1.165, 1.54) is 0 Å². The SMILES string of the molecule is C=CCOc1c(C)c2c(c3c1CC1[C@@H]4c5c(cc(C)c(OC)c5O)C[C@H]([C@H](C#N)N1[C@H]3CNC(=O)C(C)NC(=S)Nc1ccccc1)N4C)OCO2. The van der Waals surface area contributed by atoms with E-state index in [9.17, 15) is 15.2 Å². The van der Waals surface area contributed by atoms with Crippen molar-refractivity contribution in [3.8, 4) is 34.8 Å². The third-order valence-corrected chi connectivity index (χ3v) is 11.1. The number of fused-ring (bicyclic) bond motifs is 9. The molecule has 0 spiro atoms. The van der Waals surface area contributed by atoms with Crippen LogP contribution in [-0.2, 0) is 17.6 Å². The van der Waals surface area contributed by atoms with Gasteiger partial charge in [-0.1, -0.05) is 36.9 Å². The number of nitrogens with zero attached hydrogens (tertiary/aromatic N) is 3. The molecule has 12 nitrogen and oxygen atoms in total. The number of carbonyl (C=O) groups excluding carboxylic acids is 1. The first-order valence-corrected chi connectivity index (χ1v) is 17.9. The number of thiocarbonyl (C=S) groups is 1.